The number of halogens is 1. The lowest BCUT2D eigenvalue weighted by atomic mass is 9.85. The summed E-state index contributed by atoms with van der Waals surface area (Å²) in [5.74, 6) is 0.675. The van der Waals surface area contributed by atoms with Crippen LogP contribution in [0.2, 0.25) is 0 Å². The van der Waals surface area contributed by atoms with E-state index >= 15 is 0 Å². The molecule has 0 unspecified atom stereocenters. The first-order chi connectivity index (χ1) is 11.8. The van der Waals surface area contributed by atoms with E-state index in [2.05, 4.69) is 47.2 Å². The summed E-state index contributed by atoms with van der Waals surface area (Å²) in [7, 11) is 0. The van der Waals surface area contributed by atoms with Gasteiger partial charge in [-0.3, -0.25) is 4.79 Å². The average molecular weight is 404 g/mol. The molecular weight excluding hydrogens is 378 g/mol. The highest BCUT2D eigenvalue weighted by Gasteiger charge is 2.20. The standard InChI is InChI=1S/C21H26BrNO2/c1-15-6-5-7-19(16(15)2)25-13-20(24)23-14-21(3,4)12-17-8-10-18(22)11-9-17/h5-11H,12-14H2,1-4H3,(H,23,24). The van der Waals surface area contributed by atoms with E-state index in [9.17, 15) is 4.79 Å². The third-order valence-corrected chi connectivity index (χ3v) is 4.80. The van der Waals surface area contributed by atoms with Gasteiger partial charge in [-0.25, -0.2) is 0 Å². The molecule has 0 atom stereocenters. The van der Waals surface area contributed by atoms with Gasteiger partial charge in [-0.2, -0.15) is 0 Å². The number of nitrogens with one attached hydrogen (secondary N) is 1. The van der Waals surface area contributed by atoms with Gasteiger partial charge >= 0.3 is 0 Å². The second kappa shape index (κ2) is 8.52. The van der Waals surface area contributed by atoms with Crippen LogP contribution in [0.15, 0.2) is 46.9 Å². The Morgan fingerprint density at radius 2 is 1.80 bits per heavy atom. The lowest BCUT2D eigenvalue weighted by Gasteiger charge is -2.25. The average Bonchev–Trinajstić information content (AvgIpc) is 2.56. The Labute approximate surface area is 158 Å². The van der Waals surface area contributed by atoms with E-state index in [1.165, 1.54) is 5.56 Å². The van der Waals surface area contributed by atoms with Gasteiger partial charge in [0, 0.05) is 11.0 Å². The second-order valence-corrected chi connectivity index (χ2v) is 8.15. The molecule has 2 aromatic rings. The number of rotatable bonds is 7. The van der Waals surface area contributed by atoms with E-state index in [4.69, 9.17) is 4.74 Å². The zero-order valence-electron chi connectivity index (χ0n) is 15.4. The monoisotopic (exact) mass is 403 g/mol. The van der Waals surface area contributed by atoms with Crippen molar-refractivity contribution in [2.45, 2.75) is 34.1 Å². The fraction of sp³-hybridized carbons (Fsp3) is 0.381. The minimum atomic E-state index is -0.0928. The van der Waals surface area contributed by atoms with Crippen LogP contribution in [-0.4, -0.2) is 19.1 Å². The molecule has 0 spiro atoms. The number of amides is 1. The maximum atomic E-state index is 12.1. The van der Waals surface area contributed by atoms with Crippen molar-refractivity contribution in [1.82, 2.24) is 5.32 Å². The van der Waals surface area contributed by atoms with Gasteiger partial charge < -0.3 is 10.1 Å². The van der Waals surface area contributed by atoms with Gasteiger partial charge in [-0.15, -0.1) is 0 Å². The van der Waals surface area contributed by atoms with Crippen LogP contribution in [0.1, 0.15) is 30.5 Å². The van der Waals surface area contributed by atoms with Crippen molar-refractivity contribution < 1.29 is 9.53 Å². The van der Waals surface area contributed by atoms with Gasteiger partial charge in [-0.05, 0) is 60.6 Å². The van der Waals surface area contributed by atoms with E-state index < -0.39 is 0 Å². The molecule has 0 radical (unpaired) electrons. The van der Waals surface area contributed by atoms with Crippen LogP contribution >= 0.6 is 15.9 Å². The Balaban J connectivity index is 1.82. The van der Waals surface area contributed by atoms with Gasteiger partial charge in [0.2, 0.25) is 0 Å². The van der Waals surface area contributed by atoms with E-state index in [0.717, 1.165) is 27.8 Å². The molecule has 4 heteroatoms. The SMILES string of the molecule is Cc1cccc(OCC(=O)NCC(C)(C)Cc2ccc(Br)cc2)c1C. The number of ether oxygens (including phenoxy) is 1. The molecule has 0 aliphatic rings. The highest BCUT2D eigenvalue weighted by atomic mass is 79.9. The second-order valence-electron chi connectivity index (χ2n) is 7.23. The first kappa shape index (κ1) is 19.5. The molecule has 3 nitrogen and oxygen atoms in total. The summed E-state index contributed by atoms with van der Waals surface area (Å²) in [6, 6.07) is 14.2. The zero-order valence-corrected chi connectivity index (χ0v) is 16.9. The van der Waals surface area contributed by atoms with E-state index in [1.807, 2.05) is 44.2 Å². The number of carbonyl (C=O) groups is 1. The Bertz CT molecular complexity index is 723. The predicted octanol–water partition coefficient (Wildman–Crippen LogP) is 4.83. The molecule has 1 amide bonds. The van der Waals surface area contributed by atoms with Crippen LogP contribution in [0, 0.1) is 19.3 Å². The number of hydrogen-bond acceptors (Lipinski definition) is 2. The minimum absolute atomic E-state index is 0.0251. The van der Waals surface area contributed by atoms with Crippen molar-refractivity contribution in [3.05, 3.63) is 63.6 Å². The fourth-order valence-electron chi connectivity index (χ4n) is 2.63. The van der Waals surface area contributed by atoms with Crippen LogP contribution in [0.4, 0.5) is 0 Å². The predicted molar refractivity (Wildman–Crippen MR) is 106 cm³/mol. The molecule has 0 aromatic heterocycles. The summed E-state index contributed by atoms with van der Waals surface area (Å²) < 4.78 is 6.73. The molecule has 0 heterocycles. The molecule has 0 aliphatic heterocycles. The number of carbonyl (C=O) groups excluding carboxylic acids is 1. The summed E-state index contributed by atoms with van der Waals surface area (Å²) in [5.41, 5.74) is 3.47. The first-order valence-corrected chi connectivity index (χ1v) is 9.26. The Hall–Kier alpha value is -1.81. The topological polar surface area (TPSA) is 38.3 Å². The maximum Gasteiger partial charge on any atom is 0.257 e. The van der Waals surface area contributed by atoms with Gasteiger partial charge in [-0.1, -0.05) is 54.0 Å². The van der Waals surface area contributed by atoms with Gasteiger partial charge in [0.1, 0.15) is 5.75 Å². The molecule has 0 aliphatic carbocycles. The number of aryl methyl sites for hydroxylation is 1. The lowest BCUT2D eigenvalue weighted by molar-refractivity contribution is -0.123. The van der Waals surface area contributed by atoms with Crippen LogP contribution in [0.5, 0.6) is 5.75 Å². The molecule has 25 heavy (non-hydrogen) atoms. The van der Waals surface area contributed by atoms with Gasteiger partial charge in [0.05, 0.1) is 0 Å². The van der Waals surface area contributed by atoms with E-state index in [0.29, 0.717) is 6.54 Å². The zero-order chi connectivity index (χ0) is 18.4. The van der Waals surface area contributed by atoms with Crippen molar-refractivity contribution in [1.29, 1.82) is 0 Å². The van der Waals surface area contributed by atoms with Crippen LogP contribution in [-0.2, 0) is 11.2 Å². The summed E-state index contributed by atoms with van der Waals surface area (Å²) >= 11 is 3.45. The van der Waals surface area contributed by atoms with Crippen molar-refractivity contribution in [3.63, 3.8) is 0 Å². The Morgan fingerprint density at radius 1 is 1.12 bits per heavy atom. The largest absolute Gasteiger partial charge is 0.483 e. The van der Waals surface area contributed by atoms with Gasteiger partial charge in [0.15, 0.2) is 6.61 Å². The van der Waals surface area contributed by atoms with Crippen molar-refractivity contribution in [2.24, 2.45) is 5.41 Å². The van der Waals surface area contributed by atoms with Crippen molar-refractivity contribution in [2.75, 3.05) is 13.2 Å². The number of benzene rings is 2. The van der Waals surface area contributed by atoms with Crippen molar-refractivity contribution >= 4 is 21.8 Å². The lowest BCUT2D eigenvalue weighted by Crippen LogP contribution is -2.37. The summed E-state index contributed by atoms with van der Waals surface area (Å²) in [4.78, 5) is 12.1. The van der Waals surface area contributed by atoms with E-state index in [1.54, 1.807) is 0 Å². The molecule has 0 saturated carbocycles. The summed E-state index contributed by atoms with van der Waals surface area (Å²) in [6.07, 6.45) is 0.901. The molecular formula is C21H26BrNO2. The normalized spacial score (nSPS) is 11.2. The fourth-order valence-corrected chi connectivity index (χ4v) is 2.89. The highest BCUT2D eigenvalue weighted by molar-refractivity contribution is 9.10. The molecule has 2 aromatic carbocycles. The first-order valence-electron chi connectivity index (χ1n) is 8.47. The van der Waals surface area contributed by atoms with Crippen molar-refractivity contribution in [3.8, 4) is 5.75 Å². The third-order valence-electron chi connectivity index (χ3n) is 4.27. The molecule has 2 rings (SSSR count). The summed E-state index contributed by atoms with van der Waals surface area (Å²) in [5, 5.41) is 2.99. The molecule has 1 N–H and O–H groups in total. The third kappa shape index (κ3) is 6.20. The Morgan fingerprint density at radius 3 is 2.48 bits per heavy atom. The smallest absolute Gasteiger partial charge is 0.257 e. The van der Waals surface area contributed by atoms with Gasteiger partial charge in [0.25, 0.3) is 5.91 Å². The van der Waals surface area contributed by atoms with Crippen LogP contribution < -0.4 is 10.1 Å². The Kier molecular flexibility index (Phi) is 6.65. The summed E-state index contributed by atoms with van der Waals surface area (Å²) in [6.45, 7) is 9.00. The molecule has 134 valence electrons. The number of hydrogen-bond donors (Lipinski definition) is 1. The molecule has 0 saturated heterocycles. The van der Waals surface area contributed by atoms with Crippen LogP contribution in [0.25, 0.3) is 0 Å². The van der Waals surface area contributed by atoms with E-state index in [-0.39, 0.29) is 17.9 Å². The molecule has 0 bridgehead atoms. The van der Waals surface area contributed by atoms with Crippen LogP contribution in [0.3, 0.4) is 0 Å². The molecule has 0 fully saturated rings. The quantitative estimate of drug-likeness (QED) is 0.718. The highest BCUT2D eigenvalue weighted by Crippen LogP contribution is 2.23. The maximum absolute atomic E-state index is 12.1. The minimum Gasteiger partial charge on any atom is -0.483 e.